The standard InChI is InChI=1S/C27H26O2/c1-27(2,3)25(28)17-24(18-13-15-19(29-4)16-14-18)26-22-11-7-5-9-20(22)21-10-6-8-12-23(21)26/h5-16H,17H2,1-4H3. The maximum Gasteiger partial charge on any atom is 0.142 e. The number of ketones is 1. The lowest BCUT2D eigenvalue weighted by Crippen LogP contribution is -2.20. The number of methoxy groups -OCH3 is 1. The smallest absolute Gasteiger partial charge is 0.142 e. The highest BCUT2D eigenvalue weighted by Gasteiger charge is 2.29. The van der Waals surface area contributed by atoms with E-state index in [0.717, 1.165) is 16.9 Å². The first-order valence-corrected chi connectivity index (χ1v) is 10.00. The Morgan fingerprint density at radius 1 is 0.759 bits per heavy atom. The minimum Gasteiger partial charge on any atom is -0.497 e. The molecule has 4 rings (SSSR count). The van der Waals surface area contributed by atoms with E-state index in [1.165, 1.54) is 27.8 Å². The molecule has 146 valence electrons. The van der Waals surface area contributed by atoms with Crippen LogP contribution in [0.5, 0.6) is 5.75 Å². The Kier molecular flexibility index (Phi) is 4.87. The molecular formula is C27H26O2. The second-order valence-corrected chi connectivity index (χ2v) is 8.52. The molecule has 0 N–H and O–H groups in total. The number of benzene rings is 3. The van der Waals surface area contributed by atoms with E-state index in [0.29, 0.717) is 6.42 Å². The molecule has 0 aromatic heterocycles. The van der Waals surface area contributed by atoms with Crippen LogP contribution < -0.4 is 4.74 Å². The Hall–Kier alpha value is -3.13. The zero-order chi connectivity index (χ0) is 20.6. The van der Waals surface area contributed by atoms with Crippen LogP contribution in [0.4, 0.5) is 0 Å². The summed E-state index contributed by atoms with van der Waals surface area (Å²) in [4.78, 5) is 13.1. The third-order valence-corrected chi connectivity index (χ3v) is 5.60. The van der Waals surface area contributed by atoms with E-state index in [9.17, 15) is 4.79 Å². The molecule has 0 fully saturated rings. The number of ether oxygens (including phenoxy) is 1. The summed E-state index contributed by atoms with van der Waals surface area (Å²) >= 11 is 0. The molecular weight excluding hydrogens is 356 g/mol. The number of hydrogen-bond acceptors (Lipinski definition) is 2. The van der Waals surface area contributed by atoms with Gasteiger partial charge in [-0.1, -0.05) is 81.4 Å². The van der Waals surface area contributed by atoms with Crippen LogP contribution in [0.15, 0.2) is 72.8 Å². The Morgan fingerprint density at radius 3 is 1.69 bits per heavy atom. The Labute approximate surface area is 172 Å². The lowest BCUT2D eigenvalue weighted by molar-refractivity contribution is -0.125. The number of hydrogen-bond donors (Lipinski definition) is 0. The van der Waals surface area contributed by atoms with Crippen molar-refractivity contribution < 1.29 is 9.53 Å². The van der Waals surface area contributed by atoms with Gasteiger partial charge in [-0.15, -0.1) is 0 Å². The molecule has 1 aliphatic carbocycles. The molecule has 29 heavy (non-hydrogen) atoms. The van der Waals surface area contributed by atoms with Crippen LogP contribution >= 0.6 is 0 Å². The highest BCUT2D eigenvalue weighted by molar-refractivity contribution is 6.13. The predicted molar refractivity (Wildman–Crippen MR) is 120 cm³/mol. The summed E-state index contributed by atoms with van der Waals surface area (Å²) in [5, 5.41) is 0. The van der Waals surface area contributed by atoms with Gasteiger partial charge in [0.1, 0.15) is 11.5 Å². The molecule has 0 radical (unpaired) electrons. The number of carbonyl (C=O) groups excluding carboxylic acids is 1. The van der Waals surface area contributed by atoms with Gasteiger partial charge in [-0.3, -0.25) is 4.79 Å². The molecule has 0 saturated carbocycles. The van der Waals surface area contributed by atoms with E-state index in [2.05, 4.69) is 60.7 Å². The van der Waals surface area contributed by atoms with Crippen LogP contribution in [0, 0.1) is 5.41 Å². The van der Waals surface area contributed by atoms with Gasteiger partial charge in [0.25, 0.3) is 0 Å². The molecule has 0 bridgehead atoms. The number of fused-ring (bicyclic) bond motifs is 3. The molecule has 0 aliphatic heterocycles. The van der Waals surface area contributed by atoms with Crippen LogP contribution in [0.3, 0.4) is 0 Å². The summed E-state index contributed by atoms with van der Waals surface area (Å²) in [5.74, 6) is 1.05. The van der Waals surface area contributed by atoms with Gasteiger partial charge in [-0.25, -0.2) is 0 Å². The van der Waals surface area contributed by atoms with E-state index < -0.39 is 5.41 Å². The number of carbonyl (C=O) groups is 1. The lowest BCUT2D eigenvalue weighted by Gasteiger charge is -2.20. The first-order chi connectivity index (χ1) is 13.9. The van der Waals surface area contributed by atoms with Gasteiger partial charge in [0.05, 0.1) is 7.11 Å². The number of Topliss-reactive ketones (excluding diaryl/α,β-unsaturated/α-hetero) is 1. The van der Waals surface area contributed by atoms with Crippen molar-refractivity contribution in [2.45, 2.75) is 27.2 Å². The zero-order valence-electron chi connectivity index (χ0n) is 17.5. The Balaban J connectivity index is 1.99. The van der Waals surface area contributed by atoms with Crippen molar-refractivity contribution in [1.29, 1.82) is 0 Å². The van der Waals surface area contributed by atoms with Crippen molar-refractivity contribution in [2.75, 3.05) is 7.11 Å². The molecule has 0 saturated heterocycles. The van der Waals surface area contributed by atoms with Crippen molar-refractivity contribution in [3.8, 4) is 16.9 Å². The topological polar surface area (TPSA) is 26.3 Å². The summed E-state index contributed by atoms with van der Waals surface area (Å²) < 4.78 is 5.34. The summed E-state index contributed by atoms with van der Waals surface area (Å²) in [6, 6.07) is 25.0. The third kappa shape index (κ3) is 3.51. The van der Waals surface area contributed by atoms with E-state index in [1.807, 2.05) is 32.9 Å². The fourth-order valence-electron chi connectivity index (χ4n) is 3.89. The predicted octanol–water partition coefficient (Wildman–Crippen LogP) is 6.64. The van der Waals surface area contributed by atoms with Crippen LogP contribution in [-0.2, 0) is 4.79 Å². The largest absolute Gasteiger partial charge is 0.497 e. The molecule has 2 nitrogen and oxygen atoms in total. The molecule has 0 spiro atoms. The number of rotatable bonds is 4. The van der Waals surface area contributed by atoms with E-state index in [4.69, 9.17) is 4.74 Å². The minimum atomic E-state index is -0.393. The second-order valence-electron chi connectivity index (χ2n) is 8.52. The molecule has 3 aromatic carbocycles. The van der Waals surface area contributed by atoms with Gasteiger partial charge < -0.3 is 4.74 Å². The van der Waals surface area contributed by atoms with Crippen LogP contribution in [-0.4, -0.2) is 12.9 Å². The number of allylic oxidation sites excluding steroid dienone is 1. The fraction of sp³-hybridized carbons (Fsp3) is 0.222. The van der Waals surface area contributed by atoms with Crippen molar-refractivity contribution in [3.63, 3.8) is 0 Å². The van der Waals surface area contributed by atoms with Gasteiger partial charge in [0.15, 0.2) is 0 Å². The zero-order valence-corrected chi connectivity index (χ0v) is 17.5. The van der Waals surface area contributed by atoms with Crippen LogP contribution in [0.25, 0.3) is 22.3 Å². The van der Waals surface area contributed by atoms with Crippen molar-refractivity contribution in [3.05, 3.63) is 89.5 Å². The first-order valence-electron chi connectivity index (χ1n) is 10.00. The summed E-state index contributed by atoms with van der Waals surface area (Å²) in [7, 11) is 1.67. The summed E-state index contributed by atoms with van der Waals surface area (Å²) in [5.41, 5.74) is 7.76. The maximum absolute atomic E-state index is 13.1. The maximum atomic E-state index is 13.1. The second kappa shape index (κ2) is 7.36. The summed E-state index contributed by atoms with van der Waals surface area (Å²) in [6.07, 6.45) is 0.397. The van der Waals surface area contributed by atoms with Gasteiger partial charge in [-0.05, 0) is 51.1 Å². The lowest BCUT2D eigenvalue weighted by atomic mass is 9.82. The third-order valence-electron chi connectivity index (χ3n) is 5.60. The first kappa shape index (κ1) is 19.2. The normalized spacial score (nSPS) is 12.3. The van der Waals surface area contributed by atoms with Gasteiger partial charge >= 0.3 is 0 Å². The molecule has 0 heterocycles. The van der Waals surface area contributed by atoms with Crippen LogP contribution in [0.1, 0.15) is 43.9 Å². The van der Waals surface area contributed by atoms with Crippen molar-refractivity contribution >= 4 is 16.9 Å². The monoisotopic (exact) mass is 382 g/mol. The molecule has 3 aromatic rings. The van der Waals surface area contributed by atoms with E-state index in [1.54, 1.807) is 7.11 Å². The molecule has 0 atom stereocenters. The molecule has 0 amide bonds. The average molecular weight is 383 g/mol. The molecule has 2 heteroatoms. The minimum absolute atomic E-state index is 0.234. The highest BCUT2D eigenvalue weighted by Crippen LogP contribution is 2.48. The van der Waals surface area contributed by atoms with E-state index in [-0.39, 0.29) is 5.78 Å². The van der Waals surface area contributed by atoms with Gasteiger partial charge in [0, 0.05) is 11.8 Å². The van der Waals surface area contributed by atoms with Gasteiger partial charge in [-0.2, -0.15) is 0 Å². The molecule has 1 aliphatic rings. The van der Waals surface area contributed by atoms with Crippen molar-refractivity contribution in [1.82, 2.24) is 0 Å². The van der Waals surface area contributed by atoms with E-state index >= 15 is 0 Å². The average Bonchev–Trinajstić information content (AvgIpc) is 3.06. The van der Waals surface area contributed by atoms with Gasteiger partial charge in [0.2, 0.25) is 0 Å². The summed E-state index contributed by atoms with van der Waals surface area (Å²) in [6.45, 7) is 5.96. The van der Waals surface area contributed by atoms with Crippen molar-refractivity contribution in [2.24, 2.45) is 5.41 Å². The Bertz CT molecular complexity index is 1050. The SMILES string of the molecule is COc1ccc(C(CC(=O)C(C)(C)C)=C2c3ccccc3-c3ccccc32)cc1. The molecule has 0 unspecified atom stereocenters. The fourth-order valence-corrected chi connectivity index (χ4v) is 3.89. The Morgan fingerprint density at radius 2 is 1.24 bits per heavy atom. The highest BCUT2D eigenvalue weighted by atomic mass is 16.5. The van der Waals surface area contributed by atoms with Crippen LogP contribution in [0.2, 0.25) is 0 Å². The quantitative estimate of drug-likeness (QED) is 0.395.